The highest BCUT2D eigenvalue weighted by Gasteiger charge is 2.01. The van der Waals surface area contributed by atoms with Crippen LogP contribution in [0.4, 0.5) is 0 Å². The number of aryl methyl sites for hydroxylation is 1. The number of thiophene rings is 1. The van der Waals surface area contributed by atoms with Gasteiger partial charge < -0.3 is 5.73 Å². The molecule has 2 N–H and O–H groups in total. The Bertz CT molecular complexity index is 232. The first kappa shape index (κ1) is 10.2. The minimum Gasteiger partial charge on any atom is -0.328 e. The summed E-state index contributed by atoms with van der Waals surface area (Å²) in [6, 6.07) is 2.44. The van der Waals surface area contributed by atoms with Crippen molar-refractivity contribution in [3.8, 4) is 0 Å². The summed E-state index contributed by atoms with van der Waals surface area (Å²) < 4.78 is 1.25. The van der Waals surface area contributed by atoms with Crippen LogP contribution < -0.4 is 5.73 Å². The third kappa shape index (κ3) is 3.25. The molecule has 1 aromatic heterocycles. The minimum absolute atomic E-state index is 0.337. The van der Waals surface area contributed by atoms with E-state index in [0.717, 1.165) is 12.8 Å². The van der Waals surface area contributed by atoms with Crippen LogP contribution in [0.3, 0.4) is 0 Å². The first-order valence-electron chi connectivity index (χ1n) is 4.17. The van der Waals surface area contributed by atoms with Crippen LogP contribution in [0, 0.1) is 0 Å². The second-order valence-corrected chi connectivity index (χ2v) is 4.92. The third-order valence-electron chi connectivity index (χ3n) is 1.75. The van der Waals surface area contributed by atoms with Crippen molar-refractivity contribution in [1.29, 1.82) is 0 Å². The highest BCUT2D eigenvalue weighted by atomic mass is 79.9. The monoisotopic (exact) mass is 247 g/mol. The summed E-state index contributed by atoms with van der Waals surface area (Å²) in [5.74, 6) is 0. The highest BCUT2D eigenvalue weighted by molar-refractivity contribution is 9.10. The summed E-state index contributed by atoms with van der Waals surface area (Å²) in [5, 5.41) is 2.12. The molecule has 0 radical (unpaired) electrons. The van der Waals surface area contributed by atoms with Crippen molar-refractivity contribution in [2.75, 3.05) is 0 Å². The Morgan fingerprint density at radius 3 is 2.92 bits per heavy atom. The quantitative estimate of drug-likeness (QED) is 0.870. The molecular weight excluding hydrogens is 234 g/mol. The summed E-state index contributed by atoms with van der Waals surface area (Å²) in [7, 11) is 0. The Morgan fingerprint density at radius 2 is 2.42 bits per heavy atom. The zero-order valence-electron chi connectivity index (χ0n) is 7.22. The molecule has 0 fully saturated rings. The molecule has 1 nitrogen and oxygen atoms in total. The summed E-state index contributed by atoms with van der Waals surface area (Å²) in [6.45, 7) is 2.06. The molecule has 1 heterocycles. The fourth-order valence-corrected chi connectivity index (χ4v) is 2.69. The molecule has 0 amide bonds. The van der Waals surface area contributed by atoms with E-state index in [1.165, 1.54) is 15.8 Å². The molecule has 3 heteroatoms. The molecule has 12 heavy (non-hydrogen) atoms. The van der Waals surface area contributed by atoms with Gasteiger partial charge in [-0.3, -0.25) is 0 Å². The molecule has 1 aromatic rings. The standard InChI is InChI=1S/C9H14BrNS/c1-7(11)3-2-4-9-8(10)5-6-12-9/h5-7H,2-4,11H2,1H3. The predicted molar refractivity (Wildman–Crippen MR) is 58.6 cm³/mol. The number of hydrogen-bond donors (Lipinski definition) is 1. The van der Waals surface area contributed by atoms with E-state index in [0.29, 0.717) is 6.04 Å². The fourth-order valence-electron chi connectivity index (χ4n) is 1.09. The molecule has 68 valence electrons. The predicted octanol–water partition coefficient (Wildman–Crippen LogP) is 3.18. The topological polar surface area (TPSA) is 26.0 Å². The SMILES string of the molecule is CC(N)CCCc1sccc1Br. The van der Waals surface area contributed by atoms with Crippen LogP contribution >= 0.6 is 27.3 Å². The van der Waals surface area contributed by atoms with Gasteiger partial charge in [0.15, 0.2) is 0 Å². The summed E-state index contributed by atoms with van der Waals surface area (Å²) >= 11 is 5.33. The molecule has 0 saturated carbocycles. The number of hydrogen-bond acceptors (Lipinski definition) is 2. The van der Waals surface area contributed by atoms with Crippen molar-refractivity contribution in [2.24, 2.45) is 5.73 Å². The zero-order chi connectivity index (χ0) is 8.97. The van der Waals surface area contributed by atoms with Crippen molar-refractivity contribution < 1.29 is 0 Å². The molecule has 0 saturated heterocycles. The molecule has 0 aromatic carbocycles. The Balaban J connectivity index is 2.29. The Hall–Kier alpha value is 0.140. The van der Waals surface area contributed by atoms with Crippen LogP contribution in [0.5, 0.6) is 0 Å². The van der Waals surface area contributed by atoms with Gasteiger partial charge in [0.05, 0.1) is 0 Å². The average Bonchev–Trinajstić information content (AvgIpc) is 2.36. The van der Waals surface area contributed by atoms with E-state index in [1.807, 2.05) is 11.3 Å². The maximum atomic E-state index is 5.66. The molecule has 0 aliphatic heterocycles. The van der Waals surface area contributed by atoms with Gasteiger partial charge >= 0.3 is 0 Å². The molecule has 1 rings (SSSR count). The van der Waals surface area contributed by atoms with Gasteiger partial charge in [0, 0.05) is 15.4 Å². The summed E-state index contributed by atoms with van der Waals surface area (Å²) in [5.41, 5.74) is 5.66. The van der Waals surface area contributed by atoms with Gasteiger partial charge in [0.1, 0.15) is 0 Å². The second kappa shape index (κ2) is 5.00. The van der Waals surface area contributed by atoms with Crippen LogP contribution in [0.2, 0.25) is 0 Å². The Labute approximate surface area is 86.1 Å². The van der Waals surface area contributed by atoms with Crippen LogP contribution in [-0.2, 0) is 6.42 Å². The lowest BCUT2D eigenvalue weighted by molar-refractivity contribution is 0.626. The summed E-state index contributed by atoms with van der Waals surface area (Å²) in [6.07, 6.45) is 3.46. The van der Waals surface area contributed by atoms with E-state index in [4.69, 9.17) is 5.73 Å². The van der Waals surface area contributed by atoms with Crippen LogP contribution in [-0.4, -0.2) is 6.04 Å². The smallest absolute Gasteiger partial charge is 0.0314 e. The zero-order valence-corrected chi connectivity index (χ0v) is 9.62. The lowest BCUT2D eigenvalue weighted by Crippen LogP contribution is -2.14. The summed E-state index contributed by atoms with van der Waals surface area (Å²) in [4.78, 5) is 1.44. The van der Waals surface area contributed by atoms with Gasteiger partial charge in [-0.25, -0.2) is 0 Å². The minimum atomic E-state index is 0.337. The highest BCUT2D eigenvalue weighted by Crippen LogP contribution is 2.24. The van der Waals surface area contributed by atoms with Crippen LogP contribution in [0.25, 0.3) is 0 Å². The van der Waals surface area contributed by atoms with E-state index in [1.54, 1.807) is 0 Å². The molecule has 1 atom stereocenters. The molecule has 0 aliphatic carbocycles. The van der Waals surface area contributed by atoms with E-state index in [9.17, 15) is 0 Å². The number of halogens is 1. The van der Waals surface area contributed by atoms with Crippen molar-refractivity contribution >= 4 is 27.3 Å². The van der Waals surface area contributed by atoms with Gasteiger partial charge in [-0.15, -0.1) is 11.3 Å². The number of rotatable bonds is 4. The average molecular weight is 248 g/mol. The molecular formula is C9H14BrNS. The maximum absolute atomic E-state index is 5.66. The van der Waals surface area contributed by atoms with Crippen molar-refractivity contribution in [2.45, 2.75) is 32.2 Å². The Kier molecular flexibility index (Phi) is 4.26. The first-order chi connectivity index (χ1) is 5.70. The fraction of sp³-hybridized carbons (Fsp3) is 0.556. The van der Waals surface area contributed by atoms with E-state index in [2.05, 4.69) is 34.3 Å². The third-order valence-corrected chi connectivity index (χ3v) is 3.74. The lowest BCUT2D eigenvalue weighted by atomic mass is 10.1. The first-order valence-corrected chi connectivity index (χ1v) is 5.85. The van der Waals surface area contributed by atoms with Gasteiger partial charge in [0.25, 0.3) is 0 Å². The lowest BCUT2D eigenvalue weighted by Gasteiger charge is -2.03. The van der Waals surface area contributed by atoms with Gasteiger partial charge in [-0.05, 0) is 53.6 Å². The molecule has 0 aliphatic rings. The van der Waals surface area contributed by atoms with Crippen LogP contribution in [0.1, 0.15) is 24.6 Å². The van der Waals surface area contributed by atoms with Gasteiger partial charge in [-0.1, -0.05) is 0 Å². The normalized spacial score (nSPS) is 13.2. The maximum Gasteiger partial charge on any atom is 0.0314 e. The molecule has 0 spiro atoms. The second-order valence-electron chi connectivity index (χ2n) is 3.06. The van der Waals surface area contributed by atoms with E-state index < -0.39 is 0 Å². The van der Waals surface area contributed by atoms with E-state index in [-0.39, 0.29) is 0 Å². The van der Waals surface area contributed by atoms with Crippen LogP contribution in [0.15, 0.2) is 15.9 Å². The largest absolute Gasteiger partial charge is 0.328 e. The van der Waals surface area contributed by atoms with Crippen molar-refractivity contribution in [3.05, 3.63) is 20.8 Å². The van der Waals surface area contributed by atoms with Gasteiger partial charge in [0.2, 0.25) is 0 Å². The Morgan fingerprint density at radius 1 is 1.67 bits per heavy atom. The molecule has 1 unspecified atom stereocenters. The number of nitrogens with two attached hydrogens (primary N) is 1. The molecule has 0 bridgehead atoms. The van der Waals surface area contributed by atoms with Crippen molar-refractivity contribution in [3.63, 3.8) is 0 Å². The van der Waals surface area contributed by atoms with E-state index >= 15 is 0 Å². The van der Waals surface area contributed by atoms with Gasteiger partial charge in [-0.2, -0.15) is 0 Å². The van der Waals surface area contributed by atoms with Crippen molar-refractivity contribution in [1.82, 2.24) is 0 Å².